The lowest BCUT2D eigenvalue weighted by Crippen LogP contribution is -2.33. The second-order valence-corrected chi connectivity index (χ2v) is 6.74. The molecule has 0 saturated carbocycles. The number of alkyl carbamates (subject to hydrolysis) is 1. The lowest BCUT2D eigenvalue weighted by molar-refractivity contribution is -0.383. The number of rotatable bonds is 6. The van der Waals surface area contributed by atoms with Gasteiger partial charge in [-0.3, -0.25) is 10.1 Å². The van der Waals surface area contributed by atoms with Gasteiger partial charge in [-0.1, -0.05) is 30.3 Å². The number of nitrogens with zero attached hydrogens (tertiary/aromatic N) is 1. The van der Waals surface area contributed by atoms with Crippen LogP contribution >= 0.6 is 0 Å². The number of hydrogen-bond acceptors (Lipinski definition) is 5. The van der Waals surface area contributed by atoms with E-state index in [1.165, 1.54) is 6.07 Å². The third-order valence-corrected chi connectivity index (χ3v) is 3.45. The molecule has 138 valence electrons. The lowest BCUT2D eigenvalue weighted by Gasteiger charge is -2.20. The number of para-hydroxylation sites is 3. The molecule has 2 N–H and O–H groups in total. The summed E-state index contributed by atoms with van der Waals surface area (Å²) in [7, 11) is 0. The first-order valence-corrected chi connectivity index (χ1v) is 8.31. The number of carbonyl (C=O) groups excluding carboxylic acids is 1. The van der Waals surface area contributed by atoms with Crippen molar-refractivity contribution in [2.24, 2.45) is 0 Å². The fraction of sp³-hybridized carbons (Fsp3) is 0.316. The Morgan fingerprint density at radius 2 is 1.69 bits per heavy atom. The largest absolute Gasteiger partial charge is 0.444 e. The van der Waals surface area contributed by atoms with Gasteiger partial charge in [0.1, 0.15) is 11.3 Å². The Kier molecular flexibility index (Phi) is 6.16. The highest BCUT2D eigenvalue weighted by Crippen LogP contribution is 2.28. The van der Waals surface area contributed by atoms with Crippen LogP contribution in [0, 0.1) is 10.1 Å². The Morgan fingerprint density at radius 1 is 1.08 bits per heavy atom. The van der Waals surface area contributed by atoms with Crippen LogP contribution in [0.2, 0.25) is 0 Å². The predicted octanol–water partition coefficient (Wildman–Crippen LogP) is 4.41. The Labute approximate surface area is 152 Å². The second kappa shape index (κ2) is 8.33. The first-order chi connectivity index (χ1) is 12.3. The number of carbonyl (C=O) groups is 1. The van der Waals surface area contributed by atoms with Gasteiger partial charge in [-0.25, -0.2) is 4.79 Å². The normalized spacial score (nSPS) is 10.9. The van der Waals surface area contributed by atoms with Gasteiger partial charge in [-0.05, 0) is 44.9 Å². The van der Waals surface area contributed by atoms with Crippen LogP contribution < -0.4 is 10.6 Å². The number of nitro groups is 1. The van der Waals surface area contributed by atoms with Crippen molar-refractivity contribution in [1.82, 2.24) is 5.32 Å². The van der Waals surface area contributed by atoms with Crippen molar-refractivity contribution in [2.45, 2.75) is 32.8 Å². The molecule has 0 aliphatic carbocycles. The third-order valence-electron chi connectivity index (χ3n) is 3.45. The summed E-state index contributed by atoms with van der Waals surface area (Å²) in [4.78, 5) is 22.5. The van der Waals surface area contributed by atoms with Crippen LogP contribution in [0.3, 0.4) is 0 Å². The summed E-state index contributed by atoms with van der Waals surface area (Å²) >= 11 is 0. The molecule has 0 radical (unpaired) electrons. The highest BCUT2D eigenvalue weighted by Gasteiger charge is 2.16. The Bertz CT molecular complexity index is 784. The van der Waals surface area contributed by atoms with Crippen LogP contribution in [0.25, 0.3) is 0 Å². The van der Waals surface area contributed by atoms with E-state index in [1.54, 1.807) is 39.0 Å². The second-order valence-electron chi connectivity index (χ2n) is 6.74. The zero-order valence-electron chi connectivity index (χ0n) is 15.1. The summed E-state index contributed by atoms with van der Waals surface area (Å²) in [5.74, 6) is 0. The highest BCUT2D eigenvalue weighted by molar-refractivity contribution is 5.71. The van der Waals surface area contributed by atoms with Crippen molar-refractivity contribution < 1.29 is 14.5 Å². The van der Waals surface area contributed by atoms with Gasteiger partial charge in [0.2, 0.25) is 0 Å². The third kappa shape index (κ3) is 5.77. The van der Waals surface area contributed by atoms with E-state index in [0.29, 0.717) is 18.7 Å². The van der Waals surface area contributed by atoms with Crippen molar-refractivity contribution in [3.05, 3.63) is 64.2 Å². The molecular weight excluding hydrogens is 334 g/mol. The van der Waals surface area contributed by atoms with Crippen LogP contribution in [0.1, 0.15) is 26.3 Å². The number of amides is 1. The number of hydrogen-bond donors (Lipinski definition) is 2. The number of nitro benzene ring substituents is 1. The maximum absolute atomic E-state index is 11.7. The Balaban J connectivity index is 2.05. The Hall–Kier alpha value is -3.09. The van der Waals surface area contributed by atoms with Crippen molar-refractivity contribution in [1.29, 1.82) is 0 Å². The number of anilines is 2. The molecule has 2 rings (SSSR count). The number of benzene rings is 2. The lowest BCUT2D eigenvalue weighted by atomic mass is 10.1. The van der Waals surface area contributed by atoms with E-state index in [0.717, 1.165) is 11.3 Å². The van der Waals surface area contributed by atoms with E-state index < -0.39 is 16.6 Å². The maximum atomic E-state index is 11.7. The van der Waals surface area contributed by atoms with Crippen molar-refractivity contribution >= 4 is 23.2 Å². The molecule has 7 nitrogen and oxygen atoms in total. The van der Waals surface area contributed by atoms with Gasteiger partial charge in [-0.2, -0.15) is 0 Å². The molecule has 26 heavy (non-hydrogen) atoms. The van der Waals surface area contributed by atoms with Crippen molar-refractivity contribution in [3.8, 4) is 0 Å². The van der Waals surface area contributed by atoms with E-state index in [1.807, 2.05) is 24.3 Å². The minimum Gasteiger partial charge on any atom is -0.444 e. The first-order valence-electron chi connectivity index (χ1n) is 8.31. The zero-order valence-corrected chi connectivity index (χ0v) is 15.1. The molecule has 0 heterocycles. The van der Waals surface area contributed by atoms with E-state index in [-0.39, 0.29) is 5.69 Å². The molecule has 0 aromatic heterocycles. The van der Waals surface area contributed by atoms with Crippen molar-refractivity contribution in [3.63, 3.8) is 0 Å². The van der Waals surface area contributed by atoms with Gasteiger partial charge in [0.05, 0.1) is 4.92 Å². The monoisotopic (exact) mass is 357 g/mol. The molecule has 2 aromatic rings. The summed E-state index contributed by atoms with van der Waals surface area (Å²) < 4.78 is 5.20. The van der Waals surface area contributed by atoms with E-state index >= 15 is 0 Å². The highest BCUT2D eigenvalue weighted by atomic mass is 16.6. The average molecular weight is 357 g/mol. The van der Waals surface area contributed by atoms with Crippen LogP contribution in [-0.2, 0) is 11.2 Å². The molecular formula is C19H23N3O4. The zero-order chi connectivity index (χ0) is 19.2. The number of nitrogens with one attached hydrogen (secondary N) is 2. The summed E-state index contributed by atoms with van der Waals surface area (Å²) in [6, 6.07) is 14.0. The summed E-state index contributed by atoms with van der Waals surface area (Å²) in [5, 5.41) is 17.0. The minimum atomic E-state index is -0.546. The van der Waals surface area contributed by atoms with Crippen LogP contribution in [-0.4, -0.2) is 23.2 Å². The standard InChI is InChI=1S/C19H23N3O4/c1-19(2,3)26-18(23)20-13-12-14-8-4-5-9-15(14)21-16-10-6-7-11-17(16)22(24)25/h4-11,21H,12-13H2,1-3H3,(H,20,23). The fourth-order valence-corrected chi connectivity index (χ4v) is 2.36. The van der Waals surface area contributed by atoms with Gasteiger partial charge in [0.15, 0.2) is 0 Å². The van der Waals surface area contributed by atoms with Gasteiger partial charge in [0, 0.05) is 18.3 Å². The van der Waals surface area contributed by atoms with Crippen LogP contribution in [0.4, 0.5) is 21.9 Å². The van der Waals surface area contributed by atoms with E-state index in [2.05, 4.69) is 10.6 Å². The molecule has 0 atom stereocenters. The van der Waals surface area contributed by atoms with Gasteiger partial charge in [0.25, 0.3) is 5.69 Å². The summed E-state index contributed by atoms with van der Waals surface area (Å²) in [5.41, 5.74) is 1.57. The molecule has 0 unspecified atom stereocenters. The Morgan fingerprint density at radius 3 is 2.35 bits per heavy atom. The van der Waals surface area contributed by atoms with Gasteiger partial charge < -0.3 is 15.4 Å². The molecule has 0 spiro atoms. The summed E-state index contributed by atoms with van der Waals surface area (Å²) in [6.07, 6.45) is 0.0879. The van der Waals surface area contributed by atoms with Crippen molar-refractivity contribution in [2.75, 3.05) is 11.9 Å². The molecule has 0 fully saturated rings. The fourth-order valence-electron chi connectivity index (χ4n) is 2.36. The first kappa shape index (κ1) is 19.2. The SMILES string of the molecule is CC(C)(C)OC(=O)NCCc1ccccc1Nc1ccccc1[N+](=O)[O-]. The average Bonchev–Trinajstić information content (AvgIpc) is 2.55. The molecule has 0 saturated heterocycles. The molecule has 7 heteroatoms. The van der Waals surface area contributed by atoms with E-state index in [4.69, 9.17) is 4.74 Å². The molecule has 0 aliphatic rings. The molecule has 0 aliphatic heterocycles. The molecule has 1 amide bonds. The van der Waals surface area contributed by atoms with Gasteiger partial charge in [-0.15, -0.1) is 0 Å². The maximum Gasteiger partial charge on any atom is 0.407 e. The minimum absolute atomic E-state index is 0.00850. The molecule has 0 bridgehead atoms. The van der Waals surface area contributed by atoms with E-state index in [9.17, 15) is 14.9 Å². The van der Waals surface area contributed by atoms with Crippen LogP contribution in [0.5, 0.6) is 0 Å². The number of ether oxygens (including phenoxy) is 1. The smallest absolute Gasteiger partial charge is 0.407 e. The predicted molar refractivity (Wildman–Crippen MR) is 101 cm³/mol. The molecule has 2 aromatic carbocycles. The summed E-state index contributed by atoms with van der Waals surface area (Å²) in [6.45, 7) is 5.81. The van der Waals surface area contributed by atoms with Gasteiger partial charge >= 0.3 is 6.09 Å². The topological polar surface area (TPSA) is 93.5 Å². The van der Waals surface area contributed by atoms with Crippen LogP contribution in [0.15, 0.2) is 48.5 Å². The quantitative estimate of drug-likeness (QED) is 0.590.